The Labute approximate surface area is 178 Å². The van der Waals surface area contributed by atoms with Crippen molar-refractivity contribution in [1.82, 2.24) is 20.2 Å². The fraction of sp³-hybridized carbons (Fsp3) is 0.444. The summed E-state index contributed by atoms with van der Waals surface area (Å²) in [5.41, 5.74) is 9.73. The molecule has 0 aliphatic carbocycles. The smallest absolute Gasteiger partial charge is 0.220 e. The van der Waals surface area contributed by atoms with E-state index >= 15 is 0 Å². The molecule has 27 heavy (non-hydrogen) atoms. The van der Waals surface area contributed by atoms with Gasteiger partial charge < -0.3 is 16.0 Å². The summed E-state index contributed by atoms with van der Waals surface area (Å²) in [5.74, 6) is 0.0253. The molecule has 1 unspecified atom stereocenters. The van der Waals surface area contributed by atoms with Crippen molar-refractivity contribution in [3.05, 3.63) is 41.3 Å². The van der Waals surface area contributed by atoms with Gasteiger partial charge >= 0.3 is 0 Å². The van der Waals surface area contributed by atoms with Crippen LogP contribution in [0.1, 0.15) is 30.1 Å². The Morgan fingerprint density at radius 2 is 1.81 bits per heavy atom. The van der Waals surface area contributed by atoms with Crippen LogP contribution in [-0.4, -0.2) is 42.1 Å². The van der Waals surface area contributed by atoms with Gasteiger partial charge in [0, 0.05) is 30.1 Å². The molecule has 0 spiro atoms. The minimum atomic E-state index is -0.254. The first-order chi connectivity index (χ1) is 11.5. The number of nitrogens with one attached hydrogen (secondary N) is 1. The van der Waals surface area contributed by atoms with E-state index in [1.807, 2.05) is 0 Å². The van der Waals surface area contributed by atoms with E-state index in [4.69, 9.17) is 5.73 Å². The van der Waals surface area contributed by atoms with Crippen molar-refractivity contribution in [3.8, 4) is 11.3 Å². The number of nitrogens with zero attached hydrogens (tertiary/aromatic N) is 3. The molecule has 1 aromatic heterocycles. The van der Waals surface area contributed by atoms with Crippen molar-refractivity contribution in [2.75, 3.05) is 32.9 Å². The van der Waals surface area contributed by atoms with Gasteiger partial charge in [-0.25, -0.2) is 14.4 Å². The van der Waals surface area contributed by atoms with Gasteiger partial charge in [-0.3, -0.25) is 0 Å². The van der Waals surface area contributed by atoms with Crippen LogP contribution < -0.4 is 11.1 Å². The fourth-order valence-electron chi connectivity index (χ4n) is 3.24. The quantitative estimate of drug-likeness (QED) is 0.746. The second kappa shape index (κ2) is 11.6. The molecule has 1 aliphatic heterocycles. The summed E-state index contributed by atoms with van der Waals surface area (Å²) < 4.78 is 13.3. The monoisotopic (exact) mass is 437 g/mol. The van der Waals surface area contributed by atoms with Gasteiger partial charge in [0.25, 0.3) is 0 Å². The minimum Gasteiger partial charge on any atom is -0.368 e. The molecule has 9 heteroatoms. The third kappa shape index (κ3) is 6.43. The lowest BCUT2D eigenvalue weighted by Crippen LogP contribution is -2.32. The van der Waals surface area contributed by atoms with E-state index in [-0.39, 0.29) is 55.0 Å². The van der Waals surface area contributed by atoms with Crippen LogP contribution in [0.4, 0.5) is 10.3 Å². The molecule has 3 N–H and O–H groups in total. The molecule has 3 rings (SSSR count). The van der Waals surface area contributed by atoms with E-state index in [1.165, 1.54) is 12.1 Å². The standard InChI is InChI=1S/C18H24FN5.3ClH/c1-24(2)11-3-4-14-16-15(9-10-21-14)22-18(20)23-17(16)12-5-7-13(19)8-6-12;;;/h5-8,14,21H,3-4,9-11H2,1-2H3,(H2,20,22,23);3*1H. The van der Waals surface area contributed by atoms with Crippen molar-refractivity contribution in [2.45, 2.75) is 25.3 Å². The molecule has 0 fully saturated rings. The molecule has 152 valence electrons. The number of anilines is 1. The van der Waals surface area contributed by atoms with Crippen LogP contribution >= 0.6 is 37.2 Å². The molecule has 1 aromatic carbocycles. The zero-order valence-corrected chi connectivity index (χ0v) is 17.9. The second-order valence-electron chi connectivity index (χ2n) is 6.50. The van der Waals surface area contributed by atoms with Crippen LogP contribution in [0, 0.1) is 5.82 Å². The lowest BCUT2D eigenvalue weighted by atomic mass is 9.91. The predicted octanol–water partition coefficient (Wildman–Crippen LogP) is 3.66. The van der Waals surface area contributed by atoms with E-state index in [0.29, 0.717) is 0 Å². The van der Waals surface area contributed by atoms with Crippen LogP contribution in [0.5, 0.6) is 0 Å². The lowest BCUT2D eigenvalue weighted by molar-refractivity contribution is 0.367. The highest BCUT2D eigenvalue weighted by molar-refractivity contribution is 5.86. The second-order valence-corrected chi connectivity index (χ2v) is 6.50. The summed E-state index contributed by atoms with van der Waals surface area (Å²) >= 11 is 0. The van der Waals surface area contributed by atoms with Crippen molar-refractivity contribution in [2.24, 2.45) is 0 Å². The number of halogens is 4. The van der Waals surface area contributed by atoms with E-state index in [0.717, 1.165) is 54.9 Å². The maximum Gasteiger partial charge on any atom is 0.220 e. The zero-order chi connectivity index (χ0) is 17.1. The molecule has 0 saturated heterocycles. The molecule has 1 aliphatic rings. The molecule has 1 atom stereocenters. The van der Waals surface area contributed by atoms with E-state index < -0.39 is 0 Å². The van der Waals surface area contributed by atoms with Crippen LogP contribution in [-0.2, 0) is 6.42 Å². The van der Waals surface area contributed by atoms with Crippen molar-refractivity contribution >= 4 is 43.2 Å². The highest BCUT2D eigenvalue weighted by Gasteiger charge is 2.26. The summed E-state index contributed by atoms with van der Waals surface area (Å²) in [7, 11) is 4.16. The Kier molecular flexibility index (Phi) is 11.1. The van der Waals surface area contributed by atoms with Gasteiger partial charge in [-0.2, -0.15) is 0 Å². The summed E-state index contributed by atoms with van der Waals surface area (Å²) in [4.78, 5) is 11.1. The van der Waals surface area contributed by atoms with Gasteiger partial charge in [0.05, 0.1) is 11.4 Å². The van der Waals surface area contributed by atoms with Gasteiger partial charge in [0.2, 0.25) is 5.95 Å². The number of nitrogens with two attached hydrogens (primary N) is 1. The first-order valence-corrected chi connectivity index (χ1v) is 8.35. The van der Waals surface area contributed by atoms with E-state index in [2.05, 4.69) is 34.3 Å². The van der Waals surface area contributed by atoms with Gasteiger partial charge in [-0.1, -0.05) is 0 Å². The molecular weight excluding hydrogens is 412 g/mol. The summed E-state index contributed by atoms with van der Waals surface area (Å²) in [6.07, 6.45) is 2.92. The van der Waals surface area contributed by atoms with Gasteiger partial charge in [0.15, 0.2) is 0 Å². The molecule has 0 radical (unpaired) electrons. The molecule has 0 amide bonds. The number of hydrogen-bond donors (Lipinski definition) is 2. The Balaban J connectivity index is 0.00000225. The number of aromatic nitrogens is 2. The molecule has 2 aromatic rings. The Hall–Kier alpha value is -1.18. The van der Waals surface area contributed by atoms with Crippen LogP contribution in [0.15, 0.2) is 24.3 Å². The normalized spacial score (nSPS) is 15.2. The third-order valence-electron chi connectivity index (χ3n) is 4.36. The minimum absolute atomic E-state index is 0. The summed E-state index contributed by atoms with van der Waals surface area (Å²) in [5, 5.41) is 3.58. The summed E-state index contributed by atoms with van der Waals surface area (Å²) in [6.45, 7) is 1.92. The highest BCUT2D eigenvalue weighted by atomic mass is 35.5. The number of benzene rings is 1. The van der Waals surface area contributed by atoms with Crippen LogP contribution in [0.3, 0.4) is 0 Å². The zero-order valence-electron chi connectivity index (χ0n) is 15.4. The molecule has 0 saturated carbocycles. The molecule has 0 bridgehead atoms. The van der Waals surface area contributed by atoms with Crippen molar-refractivity contribution in [3.63, 3.8) is 0 Å². The van der Waals surface area contributed by atoms with Gasteiger partial charge in [0.1, 0.15) is 5.82 Å². The predicted molar refractivity (Wildman–Crippen MR) is 116 cm³/mol. The number of fused-ring (bicyclic) bond motifs is 1. The third-order valence-corrected chi connectivity index (χ3v) is 4.36. The Bertz CT molecular complexity index is 713. The largest absolute Gasteiger partial charge is 0.368 e. The number of nitrogen functional groups attached to an aromatic ring is 1. The van der Waals surface area contributed by atoms with Gasteiger partial charge in [-0.15, -0.1) is 37.2 Å². The molecule has 5 nitrogen and oxygen atoms in total. The molecular formula is C18H27Cl3FN5. The first kappa shape index (κ1) is 25.8. The maximum absolute atomic E-state index is 13.3. The first-order valence-electron chi connectivity index (χ1n) is 8.35. The lowest BCUT2D eigenvalue weighted by Gasteiger charge is -2.28. The summed E-state index contributed by atoms with van der Waals surface area (Å²) in [6, 6.07) is 6.62. The van der Waals surface area contributed by atoms with Gasteiger partial charge in [-0.05, 0) is 57.7 Å². The van der Waals surface area contributed by atoms with Crippen molar-refractivity contribution < 1.29 is 4.39 Å². The average Bonchev–Trinajstić information content (AvgIpc) is 2.54. The average molecular weight is 439 g/mol. The molecule has 2 heterocycles. The van der Waals surface area contributed by atoms with Crippen LogP contribution in [0.2, 0.25) is 0 Å². The fourth-order valence-corrected chi connectivity index (χ4v) is 3.24. The van der Waals surface area contributed by atoms with E-state index in [9.17, 15) is 4.39 Å². The SMILES string of the molecule is CN(C)CCCC1NCCc2nc(N)nc(-c3ccc(F)cc3)c21.Cl.Cl.Cl. The Morgan fingerprint density at radius 3 is 2.44 bits per heavy atom. The van der Waals surface area contributed by atoms with Crippen molar-refractivity contribution in [1.29, 1.82) is 0 Å². The topological polar surface area (TPSA) is 67.1 Å². The van der Waals surface area contributed by atoms with E-state index in [1.54, 1.807) is 12.1 Å². The number of hydrogen-bond acceptors (Lipinski definition) is 5. The van der Waals surface area contributed by atoms with Crippen LogP contribution in [0.25, 0.3) is 11.3 Å². The number of rotatable bonds is 5. The Morgan fingerprint density at radius 1 is 1.15 bits per heavy atom. The highest BCUT2D eigenvalue weighted by Crippen LogP contribution is 2.34. The maximum atomic E-state index is 13.3.